The molecule has 1 aromatic rings. The third kappa shape index (κ3) is 2.71. The Morgan fingerprint density at radius 2 is 1.87 bits per heavy atom. The van der Waals surface area contributed by atoms with Gasteiger partial charge < -0.3 is 4.74 Å². The molecule has 1 aromatic carbocycles. The normalized spacial score (nSPS) is 10.1. The number of carbonyl (C=O) groups is 1. The third-order valence-corrected chi connectivity index (χ3v) is 1.77. The van der Waals surface area contributed by atoms with Crippen LogP contribution in [0.2, 0.25) is 0 Å². The zero-order valence-corrected chi connectivity index (χ0v) is 8.02. The monoisotopic (exact) mass is 218 g/mol. The number of esters is 1. The molecule has 0 N–H and O–H groups in total. The molecule has 0 aliphatic heterocycles. The van der Waals surface area contributed by atoms with Crippen LogP contribution in [0.15, 0.2) is 12.1 Å². The smallest absolute Gasteiger partial charge is 0.310 e. The van der Waals surface area contributed by atoms with Gasteiger partial charge in [0.05, 0.1) is 13.0 Å². The van der Waals surface area contributed by atoms with Gasteiger partial charge in [-0.3, -0.25) is 4.79 Å². The summed E-state index contributed by atoms with van der Waals surface area (Å²) < 4.78 is 43.3. The molecule has 0 radical (unpaired) electrons. The van der Waals surface area contributed by atoms with Crippen molar-refractivity contribution in [1.29, 1.82) is 0 Å². The molecule has 5 heteroatoms. The fraction of sp³-hybridized carbons (Fsp3) is 0.300. The Labute approximate surface area is 84.7 Å². The zero-order valence-electron chi connectivity index (χ0n) is 8.02. The number of benzene rings is 1. The van der Waals surface area contributed by atoms with Crippen LogP contribution in [0.25, 0.3) is 0 Å². The van der Waals surface area contributed by atoms with Crippen LogP contribution in [0.4, 0.5) is 13.2 Å². The van der Waals surface area contributed by atoms with Crippen molar-refractivity contribution >= 4 is 5.97 Å². The maximum atomic E-state index is 13.0. The minimum Gasteiger partial charge on any atom is -0.466 e. The lowest BCUT2D eigenvalue weighted by Crippen LogP contribution is -2.11. The maximum absolute atomic E-state index is 13.0. The Hall–Kier alpha value is -1.52. The van der Waals surface area contributed by atoms with E-state index in [-0.39, 0.29) is 6.61 Å². The van der Waals surface area contributed by atoms with E-state index < -0.39 is 35.4 Å². The molecule has 0 amide bonds. The summed E-state index contributed by atoms with van der Waals surface area (Å²) in [5.74, 6) is -4.28. The van der Waals surface area contributed by atoms with Gasteiger partial charge in [0.2, 0.25) is 0 Å². The first kappa shape index (κ1) is 11.6. The lowest BCUT2D eigenvalue weighted by Gasteiger charge is -2.05. The molecule has 0 unspecified atom stereocenters. The minimum atomic E-state index is -1.34. The Morgan fingerprint density at radius 3 is 2.47 bits per heavy atom. The molecule has 1 rings (SSSR count). The molecule has 2 nitrogen and oxygen atoms in total. The topological polar surface area (TPSA) is 26.3 Å². The van der Waals surface area contributed by atoms with Crippen molar-refractivity contribution in [3.05, 3.63) is 35.1 Å². The van der Waals surface area contributed by atoms with Gasteiger partial charge in [-0.05, 0) is 19.1 Å². The van der Waals surface area contributed by atoms with Crippen molar-refractivity contribution in [1.82, 2.24) is 0 Å². The van der Waals surface area contributed by atoms with Crippen LogP contribution in [0, 0.1) is 17.5 Å². The first-order valence-corrected chi connectivity index (χ1v) is 4.34. The minimum absolute atomic E-state index is 0.109. The van der Waals surface area contributed by atoms with E-state index in [9.17, 15) is 18.0 Å². The fourth-order valence-electron chi connectivity index (χ4n) is 1.09. The molecular weight excluding hydrogens is 209 g/mol. The molecule has 82 valence electrons. The largest absolute Gasteiger partial charge is 0.466 e. The highest BCUT2D eigenvalue weighted by Crippen LogP contribution is 2.16. The SMILES string of the molecule is CCOC(=O)Cc1c(F)ccc(F)c1F. The Kier molecular flexibility index (Phi) is 3.71. The summed E-state index contributed by atoms with van der Waals surface area (Å²) in [5.41, 5.74) is -0.603. The molecule has 0 aliphatic carbocycles. The number of rotatable bonds is 3. The van der Waals surface area contributed by atoms with Gasteiger partial charge in [-0.25, -0.2) is 13.2 Å². The second-order valence-corrected chi connectivity index (χ2v) is 2.80. The van der Waals surface area contributed by atoms with Gasteiger partial charge in [-0.15, -0.1) is 0 Å². The molecule has 0 spiro atoms. The predicted octanol–water partition coefficient (Wildman–Crippen LogP) is 2.21. The quantitative estimate of drug-likeness (QED) is 0.574. The Balaban J connectivity index is 2.93. The highest BCUT2D eigenvalue weighted by Gasteiger charge is 2.17. The second-order valence-electron chi connectivity index (χ2n) is 2.80. The van der Waals surface area contributed by atoms with Crippen LogP contribution < -0.4 is 0 Å². The predicted molar refractivity (Wildman–Crippen MR) is 46.7 cm³/mol. The van der Waals surface area contributed by atoms with Gasteiger partial charge in [0.15, 0.2) is 11.6 Å². The van der Waals surface area contributed by atoms with Crippen molar-refractivity contribution in [2.75, 3.05) is 6.61 Å². The molecule has 0 aliphatic rings. The van der Waals surface area contributed by atoms with E-state index in [0.29, 0.717) is 6.07 Å². The van der Waals surface area contributed by atoms with Crippen LogP contribution in [-0.4, -0.2) is 12.6 Å². The number of carbonyl (C=O) groups excluding carboxylic acids is 1. The summed E-state index contributed by atoms with van der Waals surface area (Å²) in [7, 11) is 0. The molecule has 0 saturated carbocycles. The van der Waals surface area contributed by atoms with Crippen LogP contribution in [0.5, 0.6) is 0 Å². The highest BCUT2D eigenvalue weighted by molar-refractivity contribution is 5.72. The molecule has 0 atom stereocenters. The average Bonchev–Trinajstić information content (AvgIpc) is 2.19. The molecule has 0 bridgehead atoms. The zero-order chi connectivity index (χ0) is 11.4. The van der Waals surface area contributed by atoms with E-state index in [0.717, 1.165) is 6.07 Å². The van der Waals surface area contributed by atoms with Crippen molar-refractivity contribution in [3.63, 3.8) is 0 Å². The summed E-state index contributed by atoms with van der Waals surface area (Å²) in [6.45, 7) is 1.67. The van der Waals surface area contributed by atoms with Crippen molar-refractivity contribution in [3.8, 4) is 0 Å². The maximum Gasteiger partial charge on any atom is 0.310 e. The van der Waals surface area contributed by atoms with E-state index in [1.807, 2.05) is 0 Å². The summed E-state index contributed by atoms with van der Waals surface area (Å²) in [6, 6.07) is 1.44. The molecule has 15 heavy (non-hydrogen) atoms. The Bertz CT molecular complexity index is 377. The van der Waals surface area contributed by atoms with E-state index in [1.54, 1.807) is 6.92 Å². The number of hydrogen-bond acceptors (Lipinski definition) is 2. The summed E-state index contributed by atoms with van der Waals surface area (Å²) in [5, 5.41) is 0. The van der Waals surface area contributed by atoms with E-state index in [4.69, 9.17) is 0 Å². The van der Waals surface area contributed by atoms with Crippen molar-refractivity contribution < 1.29 is 22.7 Å². The van der Waals surface area contributed by atoms with Gasteiger partial charge in [-0.2, -0.15) is 0 Å². The number of ether oxygens (including phenoxy) is 1. The van der Waals surface area contributed by atoms with E-state index >= 15 is 0 Å². The first-order valence-electron chi connectivity index (χ1n) is 4.34. The average molecular weight is 218 g/mol. The highest BCUT2D eigenvalue weighted by atomic mass is 19.2. The third-order valence-electron chi connectivity index (χ3n) is 1.77. The van der Waals surface area contributed by atoms with Crippen LogP contribution in [-0.2, 0) is 16.0 Å². The number of halogens is 3. The van der Waals surface area contributed by atoms with Gasteiger partial charge in [-0.1, -0.05) is 0 Å². The van der Waals surface area contributed by atoms with Crippen LogP contribution in [0.3, 0.4) is 0 Å². The molecular formula is C10H9F3O2. The first-order chi connectivity index (χ1) is 7.06. The molecule has 0 aromatic heterocycles. The van der Waals surface area contributed by atoms with E-state index in [2.05, 4.69) is 4.74 Å². The van der Waals surface area contributed by atoms with Gasteiger partial charge in [0.1, 0.15) is 5.82 Å². The van der Waals surface area contributed by atoms with E-state index in [1.165, 1.54) is 0 Å². The molecule has 0 fully saturated rings. The fourth-order valence-corrected chi connectivity index (χ4v) is 1.09. The lowest BCUT2D eigenvalue weighted by atomic mass is 10.1. The molecule has 0 heterocycles. The van der Waals surface area contributed by atoms with Gasteiger partial charge in [0.25, 0.3) is 0 Å². The summed E-state index contributed by atoms with van der Waals surface area (Å²) >= 11 is 0. The van der Waals surface area contributed by atoms with Crippen LogP contribution >= 0.6 is 0 Å². The number of hydrogen-bond donors (Lipinski definition) is 0. The summed E-state index contributed by atoms with van der Waals surface area (Å²) in [6.07, 6.45) is -0.608. The summed E-state index contributed by atoms with van der Waals surface area (Å²) in [4.78, 5) is 11.0. The Morgan fingerprint density at radius 1 is 1.27 bits per heavy atom. The lowest BCUT2D eigenvalue weighted by molar-refractivity contribution is -0.142. The van der Waals surface area contributed by atoms with Gasteiger partial charge >= 0.3 is 5.97 Å². The molecule has 0 saturated heterocycles. The van der Waals surface area contributed by atoms with Gasteiger partial charge in [0, 0.05) is 5.56 Å². The van der Waals surface area contributed by atoms with Crippen LogP contribution in [0.1, 0.15) is 12.5 Å². The van der Waals surface area contributed by atoms with Crippen molar-refractivity contribution in [2.45, 2.75) is 13.3 Å². The van der Waals surface area contributed by atoms with Crippen molar-refractivity contribution in [2.24, 2.45) is 0 Å². The second kappa shape index (κ2) is 4.82. The standard InChI is InChI=1S/C10H9F3O2/c1-2-15-9(14)5-6-7(11)3-4-8(12)10(6)13/h3-4H,2,5H2,1H3.